The Bertz CT molecular complexity index is 221. The molecule has 2 aliphatic carbocycles. The smallest absolute Gasteiger partial charge is 0.0139 e. The Balaban J connectivity index is 1.78. The van der Waals surface area contributed by atoms with E-state index >= 15 is 0 Å². The number of hydrogen-bond acceptors (Lipinski definition) is 1. The Morgan fingerprint density at radius 3 is 2.47 bits per heavy atom. The zero-order valence-electron chi connectivity index (χ0n) is 10.3. The molecule has 1 nitrogen and oxygen atoms in total. The average molecular weight is 207 g/mol. The summed E-state index contributed by atoms with van der Waals surface area (Å²) in [6, 6.07) is 1.54. The lowest BCUT2D eigenvalue weighted by Crippen LogP contribution is -2.36. The number of nitrogens with one attached hydrogen (secondary N) is 1. The maximum Gasteiger partial charge on any atom is 0.0139 e. The molecule has 1 unspecified atom stereocenters. The van der Waals surface area contributed by atoms with E-state index in [1.165, 1.54) is 44.9 Å². The second-order valence-electron chi connectivity index (χ2n) is 6.10. The molecule has 0 saturated heterocycles. The van der Waals surface area contributed by atoms with Gasteiger partial charge in [0.15, 0.2) is 0 Å². The third-order valence-corrected chi connectivity index (χ3v) is 4.05. The van der Waals surface area contributed by atoms with Gasteiger partial charge in [0.25, 0.3) is 0 Å². The molecule has 0 bridgehead atoms. The number of hydrogen-bond donors (Lipinski definition) is 1. The molecule has 86 valence electrons. The van der Waals surface area contributed by atoms with Crippen molar-refractivity contribution in [1.29, 1.82) is 0 Å². The Morgan fingerprint density at radius 2 is 1.73 bits per heavy atom. The maximum atomic E-state index is 3.83. The first kappa shape index (κ1) is 11.2. The maximum absolute atomic E-state index is 3.83. The van der Waals surface area contributed by atoms with Gasteiger partial charge in [-0.1, -0.05) is 32.4 Å². The summed E-state index contributed by atoms with van der Waals surface area (Å²) in [5.41, 5.74) is 0.588. The lowest BCUT2D eigenvalue weighted by molar-refractivity contribution is 0.307. The van der Waals surface area contributed by atoms with Crippen molar-refractivity contribution in [2.45, 2.75) is 70.9 Å². The lowest BCUT2D eigenvalue weighted by Gasteiger charge is -2.23. The average Bonchev–Trinajstić information content (AvgIpc) is 2.60. The van der Waals surface area contributed by atoms with Crippen LogP contribution in [0.15, 0.2) is 12.2 Å². The summed E-state index contributed by atoms with van der Waals surface area (Å²) in [6.45, 7) is 4.85. The van der Waals surface area contributed by atoms with E-state index in [1.807, 2.05) is 0 Å². The summed E-state index contributed by atoms with van der Waals surface area (Å²) in [4.78, 5) is 0. The molecule has 2 aliphatic rings. The second-order valence-corrected chi connectivity index (χ2v) is 6.10. The van der Waals surface area contributed by atoms with Gasteiger partial charge in [0.1, 0.15) is 0 Å². The van der Waals surface area contributed by atoms with Crippen molar-refractivity contribution in [1.82, 2.24) is 5.32 Å². The largest absolute Gasteiger partial charge is 0.311 e. The van der Waals surface area contributed by atoms with E-state index in [0.29, 0.717) is 5.41 Å². The van der Waals surface area contributed by atoms with Crippen molar-refractivity contribution in [3.8, 4) is 0 Å². The van der Waals surface area contributed by atoms with Crippen molar-refractivity contribution >= 4 is 0 Å². The SMILES string of the molecule is CC1(C)CCCC(NC2CC=CC2)CC1. The molecule has 1 heteroatoms. The minimum Gasteiger partial charge on any atom is -0.311 e. The van der Waals surface area contributed by atoms with Crippen LogP contribution in [0.1, 0.15) is 58.8 Å². The van der Waals surface area contributed by atoms with Gasteiger partial charge in [-0.05, 0) is 43.9 Å². The summed E-state index contributed by atoms with van der Waals surface area (Å²) >= 11 is 0. The van der Waals surface area contributed by atoms with Crippen LogP contribution < -0.4 is 5.32 Å². The minimum atomic E-state index is 0.588. The summed E-state index contributed by atoms with van der Waals surface area (Å²) < 4.78 is 0. The molecule has 0 aliphatic heterocycles. The second kappa shape index (κ2) is 4.69. The predicted molar refractivity (Wildman–Crippen MR) is 66.0 cm³/mol. The molecule has 1 N–H and O–H groups in total. The third-order valence-electron chi connectivity index (χ3n) is 4.05. The van der Waals surface area contributed by atoms with Crippen LogP contribution in [-0.4, -0.2) is 12.1 Å². The highest BCUT2D eigenvalue weighted by Gasteiger charge is 2.25. The molecule has 2 rings (SSSR count). The highest BCUT2D eigenvalue weighted by atomic mass is 14.9. The monoisotopic (exact) mass is 207 g/mol. The van der Waals surface area contributed by atoms with Gasteiger partial charge in [0.2, 0.25) is 0 Å². The van der Waals surface area contributed by atoms with Crippen LogP contribution in [0.25, 0.3) is 0 Å². The standard InChI is InChI=1S/C14H25N/c1-14(2)10-5-8-13(9-11-14)15-12-6-3-4-7-12/h3-4,12-13,15H,5-11H2,1-2H3. The third kappa shape index (κ3) is 3.34. The van der Waals surface area contributed by atoms with Gasteiger partial charge in [-0.25, -0.2) is 0 Å². The van der Waals surface area contributed by atoms with Crippen molar-refractivity contribution in [2.24, 2.45) is 5.41 Å². The Labute approximate surface area is 94.3 Å². The minimum absolute atomic E-state index is 0.588. The molecule has 0 amide bonds. The molecular formula is C14H25N. The van der Waals surface area contributed by atoms with Gasteiger partial charge < -0.3 is 5.32 Å². The Morgan fingerprint density at radius 1 is 1.00 bits per heavy atom. The summed E-state index contributed by atoms with van der Waals surface area (Å²) in [6.07, 6.45) is 14.1. The van der Waals surface area contributed by atoms with Gasteiger partial charge >= 0.3 is 0 Å². The van der Waals surface area contributed by atoms with E-state index in [1.54, 1.807) is 0 Å². The van der Waals surface area contributed by atoms with E-state index in [-0.39, 0.29) is 0 Å². The van der Waals surface area contributed by atoms with Gasteiger partial charge in [-0.15, -0.1) is 0 Å². The summed E-state index contributed by atoms with van der Waals surface area (Å²) in [5, 5.41) is 3.83. The van der Waals surface area contributed by atoms with Crippen molar-refractivity contribution in [2.75, 3.05) is 0 Å². The molecule has 1 fully saturated rings. The first-order chi connectivity index (χ1) is 7.16. The molecule has 15 heavy (non-hydrogen) atoms. The van der Waals surface area contributed by atoms with Gasteiger partial charge in [0, 0.05) is 12.1 Å². The highest BCUT2D eigenvalue weighted by molar-refractivity contribution is 4.98. The zero-order valence-corrected chi connectivity index (χ0v) is 10.3. The van der Waals surface area contributed by atoms with E-state index in [2.05, 4.69) is 31.3 Å². The van der Waals surface area contributed by atoms with Crippen molar-refractivity contribution in [3.63, 3.8) is 0 Å². The van der Waals surface area contributed by atoms with Crippen molar-refractivity contribution in [3.05, 3.63) is 12.2 Å². The van der Waals surface area contributed by atoms with E-state index < -0.39 is 0 Å². The number of rotatable bonds is 2. The van der Waals surface area contributed by atoms with Gasteiger partial charge in [-0.2, -0.15) is 0 Å². The van der Waals surface area contributed by atoms with E-state index in [9.17, 15) is 0 Å². The van der Waals surface area contributed by atoms with Crippen LogP contribution in [0.3, 0.4) is 0 Å². The molecule has 0 aromatic heterocycles. The molecule has 0 spiro atoms. The summed E-state index contributed by atoms with van der Waals surface area (Å²) in [7, 11) is 0. The summed E-state index contributed by atoms with van der Waals surface area (Å²) in [5.74, 6) is 0. The normalized spacial score (nSPS) is 31.7. The van der Waals surface area contributed by atoms with Crippen LogP contribution in [0.2, 0.25) is 0 Å². The first-order valence-electron chi connectivity index (χ1n) is 6.57. The quantitative estimate of drug-likeness (QED) is 0.538. The van der Waals surface area contributed by atoms with Crippen LogP contribution in [-0.2, 0) is 0 Å². The Hall–Kier alpha value is -0.300. The lowest BCUT2D eigenvalue weighted by atomic mass is 9.85. The van der Waals surface area contributed by atoms with Crippen LogP contribution in [0.4, 0.5) is 0 Å². The van der Waals surface area contributed by atoms with Crippen LogP contribution in [0.5, 0.6) is 0 Å². The zero-order chi connectivity index (χ0) is 10.7. The molecule has 0 heterocycles. The highest BCUT2D eigenvalue weighted by Crippen LogP contribution is 2.34. The van der Waals surface area contributed by atoms with Crippen molar-refractivity contribution < 1.29 is 0 Å². The van der Waals surface area contributed by atoms with Gasteiger partial charge in [0.05, 0.1) is 0 Å². The predicted octanol–water partition coefficient (Wildman–Crippen LogP) is 3.65. The molecule has 0 aromatic rings. The Kier molecular flexibility index (Phi) is 3.50. The molecular weight excluding hydrogens is 182 g/mol. The van der Waals surface area contributed by atoms with E-state index in [0.717, 1.165) is 12.1 Å². The fourth-order valence-corrected chi connectivity index (χ4v) is 2.91. The molecule has 1 atom stereocenters. The fourth-order valence-electron chi connectivity index (χ4n) is 2.91. The van der Waals surface area contributed by atoms with Crippen LogP contribution in [0, 0.1) is 5.41 Å². The topological polar surface area (TPSA) is 12.0 Å². The molecule has 0 aromatic carbocycles. The fraction of sp³-hybridized carbons (Fsp3) is 0.857. The van der Waals surface area contributed by atoms with Gasteiger partial charge in [-0.3, -0.25) is 0 Å². The van der Waals surface area contributed by atoms with E-state index in [4.69, 9.17) is 0 Å². The molecule has 1 saturated carbocycles. The van der Waals surface area contributed by atoms with Crippen LogP contribution >= 0.6 is 0 Å². The molecule has 0 radical (unpaired) electrons. The first-order valence-corrected chi connectivity index (χ1v) is 6.57.